The van der Waals surface area contributed by atoms with E-state index in [1.165, 1.54) is 0 Å². The van der Waals surface area contributed by atoms with Crippen LogP contribution in [0.3, 0.4) is 0 Å². The van der Waals surface area contributed by atoms with Gasteiger partial charge in [-0.05, 0) is 37.5 Å². The molecule has 0 unspecified atom stereocenters. The lowest BCUT2D eigenvalue weighted by Gasteiger charge is -2.22. The number of hydrogen-bond acceptors (Lipinski definition) is 9. The molecule has 13 heteroatoms. The molecule has 0 radical (unpaired) electrons. The van der Waals surface area contributed by atoms with Gasteiger partial charge in [0.15, 0.2) is 11.6 Å². The zero-order valence-corrected chi connectivity index (χ0v) is 25.1. The Morgan fingerprint density at radius 1 is 0.905 bits per heavy atom. The number of carboxylic acid groups (broad SMARTS) is 1. The number of rotatable bonds is 21. The number of nitrogens with one attached hydrogen (secondary N) is 3. The number of aliphatic hydroxyl groups is 1. The van der Waals surface area contributed by atoms with Crippen molar-refractivity contribution in [2.45, 2.75) is 104 Å². The van der Waals surface area contributed by atoms with E-state index in [9.17, 15) is 43.8 Å². The third-order valence-electron chi connectivity index (χ3n) is 7.11. The molecule has 0 aliphatic carbocycles. The zero-order valence-electron chi connectivity index (χ0n) is 25.1. The number of aliphatic hydroxyl groups excluding tert-OH is 1. The summed E-state index contributed by atoms with van der Waals surface area (Å²) in [6.45, 7) is 7.36. The quantitative estimate of drug-likeness (QED) is 0.106. The molecule has 0 saturated carbocycles. The van der Waals surface area contributed by atoms with Crippen LogP contribution in [-0.2, 0) is 33.6 Å². The van der Waals surface area contributed by atoms with Crippen molar-refractivity contribution >= 4 is 41.0 Å². The van der Waals surface area contributed by atoms with Gasteiger partial charge in [0.05, 0.1) is 30.7 Å². The molecule has 1 heterocycles. The van der Waals surface area contributed by atoms with E-state index in [1.54, 1.807) is 0 Å². The van der Waals surface area contributed by atoms with Crippen LogP contribution in [0.25, 0.3) is 0 Å². The molecule has 1 aliphatic rings. The number of primary amides is 1. The lowest BCUT2D eigenvalue weighted by atomic mass is 9.88. The number of hydrogen-bond donors (Lipinski definition) is 6. The molecular weight excluding hydrogens is 548 g/mol. The maximum atomic E-state index is 13.2. The summed E-state index contributed by atoms with van der Waals surface area (Å²) in [7, 11) is 0. The molecular formula is C29H48N4O9. The van der Waals surface area contributed by atoms with Crippen molar-refractivity contribution in [3.8, 4) is 0 Å². The van der Waals surface area contributed by atoms with Gasteiger partial charge in [0.2, 0.25) is 17.7 Å². The monoisotopic (exact) mass is 596 g/mol. The average Bonchev–Trinajstić information content (AvgIpc) is 3.32. The third-order valence-corrected chi connectivity index (χ3v) is 7.11. The van der Waals surface area contributed by atoms with Crippen LogP contribution in [0, 0.1) is 23.7 Å². The SMILES string of the molecule is CC(C)C[C@@H](CC(=O)CNC(=O)[C@H](CC(=O)[C@@H](CCC(N)=O)NC(=O)CCC(=O)[C@H]1C[C@H](O)CN1)CC(C)C)C(=O)O. The highest BCUT2D eigenvalue weighted by Gasteiger charge is 2.31. The molecule has 0 aromatic carbocycles. The first-order valence-corrected chi connectivity index (χ1v) is 14.7. The van der Waals surface area contributed by atoms with E-state index in [-0.39, 0.29) is 69.1 Å². The van der Waals surface area contributed by atoms with Crippen molar-refractivity contribution in [2.24, 2.45) is 29.4 Å². The number of carboxylic acids is 1. The normalized spacial score (nSPS) is 18.7. The molecule has 1 fully saturated rings. The minimum absolute atomic E-state index is 0.0130. The number of ketones is 3. The Labute approximate surface area is 247 Å². The number of β-amino-alcohol motifs (C(OH)–C–C–N with tert-alkyl or cyclic N) is 1. The molecule has 0 aromatic rings. The molecule has 1 aliphatic heterocycles. The molecule has 13 nitrogen and oxygen atoms in total. The standard InChI is InChI=1S/C29H48N4O9/c1-16(2)9-18(28(40)32-15-20(34)11-19(29(41)42)10-17(3)4)12-25(37)22(5-7-26(30)38)33-27(39)8-6-24(36)23-13-21(35)14-31-23/h16-19,21-23,31,35H,5-15H2,1-4H3,(H2,30,38)(H,32,40)(H,33,39)(H,41,42)/t18-,19-,21-,22+,23+/m0/s1. The highest BCUT2D eigenvalue weighted by molar-refractivity contribution is 5.95. The van der Waals surface area contributed by atoms with Crippen LogP contribution < -0.4 is 21.7 Å². The van der Waals surface area contributed by atoms with Crippen LogP contribution in [0.5, 0.6) is 0 Å². The Hall–Kier alpha value is -3.19. The first-order valence-electron chi connectivity index (χ1n) is 14.7. The topological polar surface area (TPSA) is 222 Å². The van der Waals surface area contributed by atoms with Crippen LogP contribution in [0.15, 0.2) is 0 Å². The van der Waals surface area contributed by atoms with Crippen molar-refractivity contribution in [3.05, 3.63) is 0 Å². The van der Waals surface area contributed by atoms with Crippen LogP contribution in [-0.4, -0.2) is 82.5 Å². The number of carbonyl (C=O) groups is 7. The second-order valence-corrected chi connectivity index (χ2v) is 12.1. The fraction of sp³-hybridized carbons (Fsp3) is 0.759. The highest BCUT2D eigenvalue weighted by Crippen LogP contribution is 2.19. The first-order chi connectivity index (χ1) is 19.6. The van der Waals surface area contributed by atoms with Crippen molar-refractivity contribution < 1.29 is 43.8 Å². The van der Waals surface area contributed by atoms with Crippen molar-refractivity contribution in [3.63, 3.8) is 0 Å². The average molecular weight is 597 g/mol. The van der Waals surface area contributed by atoms with Gasteiger partial charge >= 0.3 is 5.97 Å². The number of aliphatic carboxylic acids is 1. The maximum absolute atomic E-state index is 13.2. The highest BCUT2D eigenvalue weighted by atomic mass is 16.4. The predicted molar refractivity (Wildman–Crippen MR) is 153 cm³/mol. The van der Waals surface area contributed by atoms with Gasteiger partial charge in [0.1, 0.15) is 5.78 Å². The molecule has 7 N–H and O–H groups in total. The van der Waals surface area contributed by atoms with Gasteiger partial charge in [-0.1, -0.05) is 27.7 Å². The Bertz CT molecular complexity index is 982. The number of amides is 3. The summed E-state index contributed by atoms with van der Waals surface area (Å²) in [6.07, 6.45) is -0.763. The van der Waals surface area contributed by atoms with Crippen LogP contribution in [0.2, 0.25) is 0 Å². The van der Waals surface area contributed by atoms with E-state index in [1.807, 2.05) is 27.7 Å². The van der Waals surface area contributed by atoms with Gasteiger partial charge in [-0.2, -0.15) is 0 Å². The van der Waals surface area contributed by atoms with Crippen molar-refractivity contribution in [2.75, 3.05) is 13.1 Å². The fourth-order valence-electron chi connectivity index (χ4n) is 4.99. The molecule has 0 bridgehead atoms. The molecule has 1 rings (SSSR count). The molecule has 42 heavy (non-hydrogen) atoms. The van der Waals surface area contributed by atoms with E-state index in [4.69, 9.17) is 5.73 Å². The second kappa shape index (κ2) is 18.4. The summed E-state index contributed by atoms with van der Waals surface area (Å²) < 4.78 is 0. The van der Waals surface area contributed by atoms with Gasteiger partial charge in [0.25, 0.3) is 0 Å². The smallest absolute Gasteiger partial charge is 0.306 e. The van der Waals surface area contributed by atoms with E-state index < -0.39 is 65.3 Å². The summed E-state index contributed by atoms with van der Waals surface area (Å²) in [5.41, 5.74) is 5.25. The summed E-state index contributed by atoms with van der Waals surface area (Å²) in [4.78, 5) is 86.5. The zero-order chi connectivity index (χ0) is 32.0. The number of nitrogens with two attached hydrogens (primary N) is 1. The Morgan fingerprint density at radius 3 is 2.05 bits per heavy atom. The van der Waals surface area contributed by atoms with Crippen molar-refractivity contribution in [1.29, 1.82) is 0 Å². The predicted octanol–water partition coefficient (Wildman–Crippen LogP) is 0.253. The van der Waals surface area contributed by atoms with Gasteiger partial charge in [0, 0.05) is 44.6 Å². The third kappa shape index (κ3) is 14.6. The maximum Gasteiger partial charge on any atom is 0.306 e. The Balaban J connectivity index is 2.81. The van der Waals surface area contributed by atoms with Crippen molar-refractivity contribution in [1.82, 2.24) is 16.0 Å². The van der Waals surface area contributed by atoms with Crippen LogP contribution in [0.1, 0.15) is 85.5 Å². The molecule has 0 aromatic heterocycles. The fourth-order valence-corrected chi connectivity index (χ4v) is 4.99. The van der Waals surface area contributed by atoms with E-state index in [0.29, 0.717) is 19.4 Å². The molecule has 0 spiro atoms. The molecule has 3 amide bonds. The number of carbonyl (C=O) groups excluding carboxylic acids is 6. The minimum Gasteiger partial charge on any atom is -0.481 e. The van der Waals surface area contributed by atoms with E-state index >= 15 is 0 Å². The lowest BCUT2D eigenvalue weighted by molar-refractivity contribution is -0.144. The molecule has 238 valence electrons. The molecule has 1 saturated heterocycles. The largest absolute Gasteiger partial charge is 0.481 e. The van der Waals surface area contributed by atoms with E-state index in [0.717, 1.165) is 0 Å². The first kappa shape index (κ1) is 36.8. The molecule has 5 atom stereocenters. The van der Waals surface area contributed by atoms with E-state index in [2.05, 4.69) is 16.0 Å². The van der Waals surface area contributed by atoms with Gasteiger partial charge in [-0.25, -0.2) is 0 Å². The van der Waals surface area contributed by atoms with Crippen LogP contribution in [0.4, 0.5) is 0 Å². The summed E-state index contributed by atoms with van der Waals surface area (Å²) in [6, 6.07) is -1.64. The Morgan fingerprint density at radius 2 is 1.52 bits per heavy atom. The van der Waals surface area contributed by atoms with Gasteiger partial charge < -0.3 is 31.9 Å². The minimum atomic E-state index is -1.11. The summed E-state index contributed by atoms with van der Waals surface area (Å²) in [5, 5.41) is 26.9. The Kier molecular flexibility index (Phi) is 16.1. The van der Waals surface area contributed by atoms with Gasteiger partial charge in [-0.15, -0.1) is 0 Å². The lowest BCUT2D eigenvalue weighted by Crippen LogP contribution is -2.44. The van der Waals surface area contributed by atoms with Crippen LogP contribution >= 0.6 is 0 Å². The second-order valence-electron chi connectivity index (χ2n) is 12.1. The summed E-state index contributed by atoms with van der Waals surface area (Å²) >= 11 is 0. The summed E-state index contributed by atoms with van der Waals surface area (Å²) in [5.74, 6) is -5.61. The van der Waals surface area contributed by atoms with Gasteiger partial charge in [-0.3, -0.25) is 33.6 Å². The number of Topliss-reactive ketones (excluding diaryl/α,β-unsaturated/α-hetero) is 3.